The van der Waals surface area contributed by atoms with Gasteiger partial charge in [-0.3, -0.25) is 4.79 Å². The number of halogens is 5. The van der Waals surface area contributed by atoms with Crippen molar-refractivity contribution < 1.29 is 18.0 Å². The van der Waals surface area contributed by atoms with Gasteiger partial charge in [-0.2, -0.15) is 13.2 Å². The molecule has 1 aromatic rings. The monoisotopic (exact) mass is 315 g/mol. The van der Waals surface area contributed by atoms with Crippen molar-refractivity contribution in [2.24, 2.45) is 0 Å². The van der Waals surface area contributed by atoms with Crippen LogP contribution in [0.15, 0.2) is 22.7 Å². The van der Waals surface area contributed by atoms with Gasteiger partial charge >= 0.3 is 6.18 Å². The first-order valence-corrected chi connectivity index (χ1v) is 5.27. The van der Waals surface area contributed by atoms with E-state index >= 15 is 0 Å². The van der Waals surface area contributed by atoms with Crippen molar-refractivity contribution in [1.29, 1.82) is 0 Å². The molecular weight excluding hydrogens is 310 g/mol. The van der Waals surface area contributed by atoms with E-state index in [4.69, 9.17) is 11.6 Å². The molecule has 2 nitrogen and oxygen atoms in total. The summed E-state index contributed by atoms with van der Waals surface area (Å²) in [6, 6.07) is 4.44. The minimum atomic E-state index is -4.52. The van der Waals surface area contributed by atoms with Crippen LogP contribution in [0.25, 0.3) is 0 Å². The molecule has 0 unspecified atom stereocenters. The van der Waals surface area contributed by atoms with E-state index in [0.29, 0.717) is 9.50 Å². The van der Waals surface area contributed by atoms with Gasteiger partial charge in [0.25, 0.3) is 0 Å². The molecular formula is C9H6BrClF3NO. The Labute approximate surface area is 103 Å². The number of rotatable bonds is 2. The van der Waals surface area contributed by atoms with Crippen LogP contribution in [0.1, 0.15) is 6.42 Å². The number of hydrogen-bond donors (Lipinski definition) is 1. The lowest BCUT2D eigenvalue weighted by Crippen LogP contribution is -2.21. The van der Waals surface area contributed by atoms with Crippen molar-refractivity contribution in [3.63, 3.8) is 0 Å². The average Bonchev–Trinajstić information content (AvgIpc) is 2.08. The molecule has 0 bridgehead atoms. The number of amides is 1. The number of carbonyl (C=O) groups is 1. The van der Waals surface area contributed by atoms with E-state index < -0.39 is 18.5 Å². The minimum Gasteiger partial charge on any atom is -0.325 e. The normalized spacial score (nSPS) is 11.3. The summed E-state index contributed by atoms with van der Waals surface area (Å²) in [5.41, 5.74) is 0.210. The molecule has 0 saturated heterocycles. The Kier molecular flexibility index (Phi) is 4.21. The molecule has 0 aliphatic rings. The van der Waals surface area contributed by atoms with Gasteiger partial charge in [-0.05, 0) is 34.1 Å². The third-order valence-electron chi connectivity index (χ3n) is 1.56. The van der Waals surface area contributed by atoms with Crippen LogP contribution in [0, 0.1) is 0 Å². The van der Waals surface area contributed by atoms with Gasteiger partial charge in [0.1, 0.15) is 6.42 Å². The zero-order chi connectivity index (χ0) is 12.3. The van der Waals surface area contributed by atoms with E-state index in [0.717, 1.165) is 0 Å². The molecule has 1 aromatic carbocycles. The van der Waals surface area contributed by atoms with E-state index in [9.17, 15) is 18.0 Å². The van der Waals surface area contributed by atoms with Crippen molar-refractivity contribution in [3.8, 4) is 0 Å². The second-order valence-electron chi connectivity index (χ2n) is 2.96. The Balaban J connectivity index is 2.73. The molecule has 1 rings (SSSR count). The molecule has 16 heavy (non-hydrogen) atoms. The maximum Gasteiger partial charge on any atom is 0.397 e. The number of benzene rings is 1. The molecule has 0 spiro atoms. The van der Waals surface area contributed by atoms with Gasteiger partial charge in [-0.15, -0.1) is 0 Å². The maximum absolute atomic E-state index is 11.9. The molecule has 1 amide bonds. The standard InChI is InChI=1S/C9H6BrClF3NO/c10-6-2-1-5(11)3-7(6)15-8(16)4-9(12,13)14/h1-3H,4H2,(H,15,16). The van der Waals surface area contributed by atoms with E-state index in [2.05, 4.69) is 21.2 Å². The van der Waals surface area contributed by atoms with Gasteiger partial charge in [0.05, 0.1) is 5.69 Å². The summed E-state index contributed by atoms with van der Waals surface area (Å²) in [5, 5.41) is 2.44. The smallest absolute Gasteiger partial charge is 0.325 e. The van der Waals surface area contributed by atoms with Gasteiger partial charge in [0, 0.05) is 9.50 Å². The van der Waals surface area contributed by atoms with E-state index in [1.165, 1.54) is 12.1 Å². The summed E-state index contributed by atoms with van der Waals surface area (Å²) in [6.45, 7) is 0. The second-order valence-corrected chi connectivity index (χ2v) is 4.26. The van der Waals surface area contributed by atoms with E-state index in [1.807, 2.05) is 0 Å². The fourth-order valence-corrected chi connectivity index (χ4v) is 1.49. The summed E-state index contributed by atoms with van der Waals surface area (Å²) in [6.07, 6.45) is -6.04. The highest BCUT2D eigenvalue weighted by Crippen LogP contribution is 2.27. The van der Waals surface area contributed by atoms with Crippen LogP contribution in [-0.2, 0) is 4.79 Å². The van der Waals surface area contributed by atoms with Crippen LogP contribution in [0.3, 0.4) is 0 Å². The molecule has 1 N–H and O–H groups in total. The first-order chi connectivity index (χ1) is 7.28. The molecule has 0 fully saturated rings. The quantitative estimate of drug-likeness (QED) is 0.878. The number of anilines is 1. The van der Waals surface area contributed by atoms with Gasteiger partial charge in [0.2, 0.25) is 5.91 Å². The lowest BCUT2D eigenvalue weighted by Gasteiger charge is -2.09. The Bertz CT molecular complexity index is 408. The van der Waals surface area contributed by atoms with Gasteiger partial charge in [-0.1, -0.05) is 11.6 Å². The Hall–Kier alpha value is -0.750. The van der Waals surface area contributed by atoms with Crippen LogP contribution in [0.2, 0.25) is 5.02 Å². The van der Waals surface area contributed by atoms with Crippen molar-refractivity contribution in [1.82, 2.24) is 0 Å². The SMILES string of the molecule is O=C(CC(F)(F)F)Nc1cc(Cl)ccc1Br. The fraction of sp³-hybridized carbons (Fsp3) is 0.222. The van der Waals surface area contributed by atoms with Crippen LogP contribution >= 0.6 is 27.5 Å². The lowest BCUT2D eigenvalue weighted by molar-refractivity contribution is -0.150. The molecule has 88 valence electrons. The number of nitrogens with one attached hydrogen (secondary N) is 1. The molecule has 0 aliphatic carbocycles. The molecule has 0 saturated carbocycles. The van der Waals surface area contributed by atoms with E-state index in [-0.39, 0.29) is 5.69 Å². The van der Waals surface area contributed by atoms with Gasteiger partial charge in [0.15, 0.2) is 0 Å². The summed E-state index contributed by atoms with van der Waals surface area (Å²) in [4.78, 5) is 11.0. The van der Waals surface area contributed by atoms with Crippen molar-refractivity contribution in [3.05, 3.63) is 27.7 Å². The predicted octanol–water partition coefficient (Wildman–Crippen LogP) is 3.99. The minimum absolute atomic E-state index is 0.210. The first-order valence-electron chi connectivity index (χ1n) is 4.09. The van der Waals surface area contributed by atoms with Crippen molar-refractivity contribution >= 4 is 39.1 Å². The van der Waals surface area contributed by atoms with Crippen LogP contribution in [-0.4, -0.2) is 12.1 Å². The lowest BCUT2D eigenvalue weighted by atomic mass is 10.3. The number of hydrogen-bond acceptors (Lipinski definition) is 1. The summed E-state index contributed by atoms with van der Waals surface area (Å²) in [7, 11) is 0. The highest BCUT2D eigenvalue weighted by atomic mass is 79.9. The average molecular weight is 317 g/mol. The second kappa shape index (κ2) is 5.05. The Morgan fingerprint density at radius 1 is 1.44 bits per heavy atom. The van der Waals surface area contributed by atoms with Crippen molar-refractivity contribution in [2.75, 3.05) is 5.32 Å². The predicted molar refractivity (Wildman–Crippen MR) is 58.5 cm³/mol. The summed E-state index contributed by atoms with van der Waals surface area (Å²) in [5.74, 6) is -1.13. The summed E-state index contributed by atoms with van der Waals surface area (Å²) < 4.78 is 36.1. The zero-order valence-corrected chi connectivity index (χ0v) is 10.1. The number of alkyl halides is 3. The largest absolute Gasteiger partial charge is 0.397 e. The van der Waals surface area contributed by atoms with Crippen LogP contribution < -0.4 is 5.32 Å². The van der Waals surface area contributed by atoms with E-state index in [1.54, 1.807) is 6.07 Å². The van der Waals surface area contributed by atoms with Gasteiger partial charge in [-0.25, -0.2) is 0 Å². The molecule has 0 atom stereocenters. The Morgan fingerprint density at radius 2 is 2.06 bits per heavy atom. The molecule has 0 aliphatic heterocycles. The van der Waals surface area contributed by atoms with Gasteiger partial charge < -0.3 is 5.32 Å². The molecule has 0 aromatic heterocycles. The van der Waals surface area contributed by atoms with Crippen LogP contribution in [0.5, 0.6) is 0 Å². The number of carbonyl (C=O) groups excluding carboxylic acids is 1. The fourth-order valence-electron chi connectivity index (χ4n) is 0.970. The zero-order valence-electron chi connectivity index (χ0n) is 7.74. The topological polar surface area (TPSA) is 29.1 Å². The molecule has 0 heterocycles. The third kappa shape index (κ3) is 4.40. The highest BCUT2D eigenvalue weighted by Gasteiger charge is 2.31. The van der Waals surface area contributed by atoms with Crippen LogP contribution in [0.4, 0.5) is 18.9 Å². The Morgan fingerprint density at radius 3 is 2.62 bits per heavy atom. The third-order valence-corrected chi connectivity index (χ3v) is 2.49. The summed E-state index contributed by atoms with van der Waals surface area (Å²) >= 11 is 8.72. The van der Waals surface area contributed by atoms with Crippen molar-refractivity contribution in [2.45, 2.75) is 12.6 Å². The molecule has 0 radical (unpaired) electrons. The first kappa shape index (κ1) is 13.3. The maximum atomic E-state index is 11.9. The highest BCUT2D eigenvalue weighted by molar-refractivity contribution is 9.10. The molecule has 7 heteroatoms.